The molecule has 0 aliphatic rings. The summed E-state index contributed by atoms with van der Waals surface area (Å²) in [6.45, 7) is 2.04. The SMILES string of the molecule is CN(C)CCn1ccc2ccn(CC(=O)NCc3ccccc3)c(=O)c21. The summed E-state index contributed by atoms with van der Waals surface area (Å²) >= 11 is 0. The first-order valence-corrected chi connectivity index (χ1v) is 8.68. The van der Waals surface area contributed by atoms with E-state index in [2.05, 4.69) is 10.2 Å². The summed E-state index contributed by atoms with van der Waals surface area (Å²) in [6.07, 6.45) is 3.61. The third-order valence-corrected chi connectivity index (χ3v) is 4.33. The van der Waals surface area contributed by atoms with E-state index in [1.54, 1.807) is 6.20 Å². The fourth-order valence-electron chi connectivity index (χ4n) is 2.87. The molecule has 0 unspecified atom stereocenters. The van der Waals surface area contributed by atoms with Crippen LogP contribution in [0.4, 0.5) is 0 Å². The molecule has 0 spiro atoms. The molecule has 2 heterocycles. The highest BCUT2D eigenvalue weighted by atomic mass is 16.2. The number of carbonyl (C=O) groups is 1. The Hall–Kier alpha value is -2.86. The molecule has 0 aliphatic heterocycles. The van der Waals surface area contributed by atoms with Crippen LogP contribution < -0.4 is 10.9 Å². The molecule has 26 heavy (non-hydrogen) atoms. The van der Waals surface area contributed by atoms with E-state index in [1.165, 1.54) is 4.57 Å². The first kappa shape index (κ1) is 17.9. The molecule has 136 valence electrons. The number of benzene rings is 1. The molecule has 0 saturated heterocycles. The monoisotopic (exact) mass is 352 g/mol. The average molecular weight is 352 g/mol. The highest BCUT2D eigenvalue weighted by molar-refractivity contribution is 5.80. The molecule has 0 radical (unpaired) electrons. The van der Waals surface area contributed by atoms with E-state index in [1.807, 2.05) is 67.3 Å². The van der Waals surface area contributed by atoms with Gasteiger partial charge >= 0.3 is 0 Å². The zero-order valence-corrected chi connectivity index (χ0v) is 15.2. The van der Waals surface area contributed by atoms with Crippen LogP contribution in [0, 0.1) is 0 Å². The summed E-state index contributed by atoms with van der Waals surface area (Å²) in [5, 5.41) is 3.76. The van der Waals surface area contributed by atoms with Crippen molar-refractivity contribution in [3.8, 4) is 0 Å². The van der Waals surface area contributed by atoms with Crippen molar-refractivity contribution in [3.63, 3.8) is 0 Å². The number of hydrogen-bond donors (Lipinski definition) is 1. The first-order valence-electron chi connectivity index (χ1n) is 8.68. The summed E-state index contributed by atoms with van der Waals surface area (Å²) in [5.41, 5.74) is 1.53. The smallest absolute Gasteiger partial charge is 0.275 e. The molecule has 1 N–H and O–H groups in total. The maximum absolute atomic E-state index is 12.8. The van der Waals surface area contributed by atoms with Crippen molar-refractivity contribution in [1.82, 2.24) is 19.4 Å². The van der Waals surface area contributed by atoms with Gasteiger partial charge in [0.1, 0.15) is 12.1 Å². The molecular weight excluding hydrogens is 328 g/mol. The second-order valence-corrected chi connectivity index (χ2v) is 6.63. The minimum Gasteiger partial charge on any atom is -0.350 e. The number of hydrogen-bond acceptors (Lipinski definition) is 3. The average Bonchev–Trinajstić information content (AvgIpc) is 3.05. The van der Waals surface area contributed by atoms with Crippen molar-refractivity contribution >= 4 is 16.8 Å². The van der Waals surface area contributed by atoms with E-state index in [0.29, 0.717) is 12.1 Å². The molecule has 0 atom stereocenters. The van der Waals surface area contributed by atoms with Crippen LogP contribution in [0.3, 0.4) is 0 Å². The van der Waals surface area contributed by atoms with Gasteiger partial charge in [-0.1, -0.05) is 30.3 Å². The Kier molecular flexibility index (Phi) is 5.53. The second-order valence-electron chi connectivity index (χ2n) is 6.63. The van der Waals surface area contributed by atoms with Crippen molar-refractivity contribution in [2.24, 2.45) is 0 Å². The number of rotatable bonds is 7. The van der Waals surface area contributed by atoms with Gasteiger partial charge in [0.05, 0.1) is 0 Å². The molecule has 1 aromatic carbocycles. The quantitative estimate of drug-likeness (QED) is 0.704. The van der Waals surface area contributed by atoms with E-state index in [0.717, 1.165) is 24.0 Å². The Morgan fingerprint density at radius 3 is 2.42 bits per heavy atom. The maximum atomic E-state index is 12.8. The predicted molar refractivity (Wildman–Crippen MR) is 103 cm³/mol. The Morgan fingerprint density at radius 2 is 1.73 bits per heavy atom. The largest absolute Gasteiger partial charge is 0.350 e. The number of nitrogens with zero attached hydrogens (tertiary/aromatic N) is 3. The van der Waals surface area contributed by atoms with Gasteiger partial charge in [-0.3, -0.25) is 9.59 Å². The molecule has 0 saturated carbocycles. The van der Waals surface area contributed by atoms with Gasteiger partial charge in [0, 0.05) is 37.4 Å². The number of aromatic nitrogens is 2. The number of fused-ring (bicyclic) bond motifs is 1. The van der Waals surface area contributed by atoms with Gasteiger partial charge in [-0.2, -0.15) is 0 Å². The summed E-state index contributed by atoms with van der Waals surface area (Å²) in [6, 6.07) is 13.5. The topological polar surface area (TPSA) is 59.3 Å². The van der Waals surface area contributed by atoms with Gasteiger partial charge in [0.2, 0.25) is 5.91 Å². The molecule has 6 nitrogen and oxygen atoms in total. The van der Waals surface area contributed by atoms with Gasteiger partial charge in [-0.05, 0) is 31.8 Å². The zero-order chi connectivity index (χ0) is 18.5. The third-order valence-electron chi connectivity index (χ3n) is 4.33. The fourth-order valence-corrected chi connectivity index (χ4v) is 2.87. The minimum absolute atomic E-state index is 0.0144. The lowest BCUT2D eigenvalue weighted by Crippen LogP contribution is -2.32. The van der Waals surface area contributed by atoms with Crippen LogP contribution in [-0.4, -0.2) is 40.6 Å². The third kappa shape index (κ3) is 4.21. The minimum atomic E-state index is -0.179. The van der Waals surface area contributed by atoms with Gasteiger partial charge in [0.15, 0.2) is 0 Å². The molecule has 0 bridgehead atoms. The second kappa shape index (κ2) is 8.01. The van der Waals surface area contributed by atoms with Crippen LogP contribution in [0.15, 0.2) is 59.7 Å². The highest BCUT2D eigenvalue weighted by Crippen LogP contribution is 2.11. The van der Waals surface area contributed by atoms with Crippen molar-refractivity contribution in [2.45, 2.75) is 19.6 Å². The van der Waals surface area contributed by atoms with Crippen molar-refractivity contribution < 1.29 is 4.79 Å². The van der Waals surface area contributed by atoms with Crippen LogP contribution in [0.1, 0.15) is 5.56 Å². The molecule has 3 rings (SSSR count). The number of amides is 1. The Morgan fingerprint density at radius 1 is 1.04 bits per heavy atom. The summed E-state index contributed by atoms with van der Waals surface area (Å²) in [4.78, 5) is 27.1. The van der Waals surface area contributed by atoms with E-state index >= 15 is 0 Å². The summed E-state index contributed by atoms with van der Waals surface area (Å²) in [7, 11) is 4.00. The van der Waals surface area contributed by atoms with Gasteiger partial charge in [-0.25, -0.2) is 0 Å². The van der Waals surface area contributed by atoms with Gasteiger partial charge in [-0.15, -0.1) is 0 Å². The standard InChI is InChI=1S/C20H24N4O2/c1-22(2)12-13-23-10-8-17-9-11-24(20(26)19(17)23)15-18(25)21-14-16-6-4-3-5-7-16/h3-11H,12-15H2,1-2H3,(H,21,25). The lowest BCUT2D eigenvalue weighted by Gasteiger charge is -2.12. The molecular formula is C20H24N4O2. The molecule has 6 heteroatoms. The molecule has 3 aromatic rings. The van der Waals surface area contributed by atoms with E-state index in [9.17, 15) is 9.59 Å². The fraction of sp³-hybridized carbons (Fsp3) is 0.300. The van der Waals surface area contributed by atoms with Crippen LogP contribution in [0.2, 0.25) is 0 Å². The van der Waals surface area contributed by atoms with Gasteiger partial charge < -0.3 is 19.4 Å². The maximum Gasteiger partial charge on any atom is 0.275 e. The molecule has 0 fully saturated rings. The van der Waals surface area contributed by atoms with Crippen molar-refractivity contribution in [1.29, 1.82) is 0 Å². The lowest BCUT2D eigenvalue weighted by atomic mass is 10.2. The Labute approximate surface area is 152 Å². The normalized spacial score (nSPS) is 11.2. The molecule has 0 aliphatic carbocycles. The number of pyridine rings is 1. The Balaban J connectivity index is 1.73. The highest BCUT2D eigenvalue weighted by Gasteiger charge is 2.11. The first-order chi connectivity index (χ1) is 12.5. The van der Waals surface area contributed by atoms with E-state index < -0.39 is 0 Å². The van der Waals surface area contributed by atoms with E-state index in [-0.39, 0.29) is 18.0 Å². The van der Waals surface area contributed by atoms with Crippen LogP contribution in [-0.2, 0) is 24.4 Å². The predicted octanol–water partition coefficient (Wildman–Crippen LogP) is 1.68. The van der Waals surface area contributed by atoms with Gasteiger partial charge in [0.25, 0.3) is 5.56 Å². The lowest BCUT2D eigenvalue weighted by molar-refractivity contribution is -0.121. The van der Waals surface area contributed by atoms with Crippen LogP contribution in [0.5, 0.6) is 0 Å². The number of nitrogens with one attached hydrogen (secondary N) is 1. The van der Waals surface area contributed by atoms with Crippen LogP contribution >= 0.6 is 0 Å². The molecule has 2 aromatic heterocycles. The zero-order valence-electron chi connectivity index (χ0n) is 15.2. The number of likely N-dealkylation sites (N-methyl/N-ethyl adjacent to an activating group) is 1. The Bertz CT molecular complexity index is 941. The van der Waals surface area contributed by atoms with E-state index in [4.69, 9.17) is 0 Å². The van der Waals surface area contributed by atoms with Crippen LogP contribution in [0.25, 0.3) is 10.9 Å². The van der Waals surface area contributed by atoms with Crippen molar-refractivity contribution in [2.75, 3.05) is 20.6 Å². The summed E-state index contributed by atoms with van der Waals surface area (Å²) < 4.78 is 3.42. The molecule has 1 amide bonds. The number of carbonyl (C=O) groups excluding carboxylic acids is 1. The summed E-state index contributed by atoms with van der Waals surface area (Å²) in [5.74, 6) is -0.179. The van der Waals surface area contributed by atoms with Crippen molar-refractivity contribution in [3.05, 3.63) is 70.8 Å².